The van der Waals surface area contributed by atoms with Gasteiger partial charge in [-0.25, -0.2) is 15.0 Å². The summed E-state index contributed by atoms with van der Waals surface area (Å²) >= 11 is 0. The molecule has 0 unspecified atom stereocenters. The van der Waals surface area contributed by atoms with Gasteiger partial charge in [0.1, 0.15) is 18.1 Å². The van der Waals surface area contributed by atoms with Gasteiger partial charge in [-0.1, -0.05) is 6.07 Å². The fourth-order valence-corrected chi connectivity index (χ4v) is 4.29. The number of ether oxygens (including phenoxy) is 1. The van der Waals surface area contributed by atoms with Gasteiger partial charge in [0.05, 0.1) is 16.6 Å². The van der Waals surface area contributed by atoms with Crippen LogP contribution in [0.2, 0.25) is 0 Å². The molecule has 35 heavy (non-hydrogen) atoms. The maximum absolute atomic E-state index is 13.5. The van der Waals surface area contributed by atoms with Crippen LogP contribution in [-0.4, -0.2) is 40.6 Å². The fraction of sp³-hybridized carbons (Fsp3) is 0.280. The van der Waals surface area contributed by atoms with Gasteiger partial charge in [-0.2, -0.15) is 13.2 Å². The van der Waals surface area contributed by atoms with E-state index in [0.29, 0.717) is 17.0 Å². The number of alkyl halides is 3. The first-order chi connectivity index (χ1) is 16.8. The van der Waals surface area contributed by atoms with E-state index in [-0.39, 0.29) is 23.6 Å². The number of aryl methyl sites for hydroxylation is 1. The van der Waals surface area contributed by atoms with Crippen LogP contribution < -0.4 is 10.2 Å². The topological polar surface area (TPSA) is 76.1 Å². The summed E-state index contributed by atoms with van der Waals surface area (Å²) < 4.78 is 45.8. The van der Waals surface area contributed by atoms with Crippen molar-refractivity contribution >= 4 is 28.2 Å². The molecule has 0 atom stereocenters. The first-order valence-corrected chi connectivity index (χ1v) is 11.1. The van der Waals surface area contributed by atoms with Crippen LogP contribution >= 0.6 is 0 Å². The number of benzene rings is 1. The van der Waals surface area contributed by atoms with E-state index >= 15 is 0 Å². The monoisotopic (exact) mass is 480 g/mol. The summed E-state index contributed by atoms with van der Waals surface area (Å²) in [6, 6.07) is 11.6. The van der Waals surface area contributed by atoms with Crippen molar-refractivity contribution in [3.63, 3.8) is 0 Å². The maximum atomic E-state index is 13.5. The summed E-state index contributed by atoms with van der Waals surface area (Å²) in [5.41, 5.74) is 2.52. The minimum Gasteiger partial charge on any atom is -0.377 e. The van der Waals surface area contributed by atoms with Crippen molar-refractivity contribution in [2.75, 3.05) is 30.9 Å². The van der Waals surface area contributed by atoms with Crippen molar-refractivity contribution in [2.45, 2.75) is 25.6 Å². The molecule has 1 N–H and O–H groups in total. The third-order valence-electron chi connectivity index (χ3n) is 5.93. The van der Waals surface area contributed by atoms with Crippen LogP contribution in [0.4, 0.5) is 30.4 Å². The summed E-state index contributed by atoms with van der Waals surface area (Å²) in [6.07, 6.45) is -1.09. The van der Waals surface area contributed by atoms with E-state index in [4.69, 9.17) is 4.74 Å². The SMILES string of the molecule is COCc1nc(Nc2ccc3c(c2)N(C)CCC3)c2ccc(-c3ncccc3C(F)(F)F)nc2n1. The van der Waals surface area contributed by atoms with Gasteiger partial charge in [-0.05, 0) is 54.8 Å². The van der Waals surface area contributed by atoms with Crippen LogP contribution in [0.25, 0.3) is 22.4 Å². The molecule has 7 nitrogen and oxygen atoms in total. The van der Waals surface area contributed by atoms with Gasteiger partial charge in [0.15, 0.2) is 11.5 Å². The molecule has 1 aliphatic rings. The molecule has 0 bridgehead atoms. The Morgan fingerprint density at radius 1 is 1.09 bits per heavy atom. The molecular weight excluding hydrogens is 457 g/mol. The lowest BCUT2D eigenvalue weighted by atomic mass is 10.0. The van der Waals surface area contributed by atoms with Crippen molar-refractivity contribution in [1.82, 2.24) is 19.9 Å². The number of hydrogen-bond donors (Lipinski definition) is 1. The minimum atomic E-state index is -4.56. The van der Waals surface area contributed by atoms with Crippen LogP contribution in [0.1, 0.15) is 23.4 Å². The molecule has 3 aromatic heterocycles. The molecule has 180 valence electrons. The number of rotatable bonds is 5. The van der Waals surface area contributed by atoms with Crippen LogP contribution in [0, 0.1) is 0 Å². The summed E-state index contributed by atoms with van der Waals surface area (Å²) in [6.45, 7) is 1.12. The van der Waals surface area contributed by atoms with Crippen LogP contribution in [0.15, 0.2) is 48.7 Å². The Labute approximate surface area is 200 Å². The van der Waals surface area contributed by atoms with Crippen molar-refractivity contribution in [2.24, 2.45) is 0 Å². The van der Waals surface area contributed by atoms with E-state index in [0.717, 1.165) is 36.8 Å². The average Bonchev–Trinajstić information content (AvgIpc) is 2.84. The molecule has 0 amide bonds. The Morgan fingerprint density at radius 2 is 1.94 bits per heavy atom. The van der Waals surface area contributed by atoms with E-state index in [2.05, 4.69) is 49.3 Å². The Morgan fingerprint density at radius 3 is 2.74 bits per heavy atom. The largest absolute Gasteiger partial charge is 0.418 e. The standard InChI is InChI=1S/C25H23F3N6O/c1-34-12-4-5-15-7-8-16(13-20(15)34)30-23-17-9-10-19(31-24(17)33-21(32-23)14-35-2)22-18(25(26,27)28)6-3-11-29-22/h3,6-11,13H,4-5,12,14H2,1-2H3,(H,30,31,32,33). The number of hydrogen-bond acceptors (Lipinski definition) is 7. The molecule has 0 fully saturated rings. The molecule has 5 rings (SSSR count). The number of methoxy groups -OCH3 is 1. The number of nitrogens with one attached hydrogen (secondary N) is 1. The third-order valence-corrected chi connectivity index (χ3v) is 5.93. The molecule has 0 saturated heterocycles. The van der Waals surface area contributed by atoms with Gasteiger partial charge in [0.25, 0.3) is 0 Å². The maximum Gasteiger partial charge on any atom is 0.418 e. The van der Waals surface area contributed by atoms with Gasteiger partial charge in [-0.3, -0.25) is 4.98 Å². The highest BCUT2D eigenvalue weighted by molar-refractivity contribution is 5.90. The molecule has 4 aromatic rings. The molecule has 0 spiro atoms. The zero-order valence-electron chi connectivity index (χ0n) is 19.2. The Kier molecular flexibility index (Phi) is 5.98. The Balaban J connectivity index is 1.59. The van der Waals surface area contributed by atoms with Crippen molar-refractivity contribution in [3.05, 3.63) is 65.6 Å². The Bertz CT molecular complexity index is 1390. The number of nitrogens with zero attached hydrogens (tertiary/aromatic N) is 5. The van der Waals surface area contributed by atoms with Crippen molar-refractivity contribution < 1.29 is 17.9 Å². The smallest absolute Gasteiger partial charge is 0.377 e. The molecule has 0 aliphatic carbocycles. The zero-order chi connectivity index (χ0) is 24.6. The predicted octanol–water partition coefficient (Wildman–Crippen LogP) is 5.38. The molecule has 4 heterocycles. The second-order valence-corrected chi connectivity index (χ2v) is 8.38. The van der Waals surface area contributed by atoms with E-state index in [1.165, 1.54) is 31.0 Å². The van der Waals surface area contributed by atoms with Crippen molar-refractivity contribution in [1.29, 1.82) is 0 Å². The lowest BCUT2D eigenvalue weighted by Gasteiger charge is -2.28. The van der Waals surface area contributed by atoms with Gasteiger partial charge in [0, 0.05) is 38.3 Å². The quantitative estimate of drug-likeness (QED) is 0.411. The van der Waals surface area contributed by atoms with E-state index in [9.17, 15) is 13.2 Å². The molecule has 1 aliphatic heterocycles. The summed E-state index contributed by atoms with van der Waals surface area (Å²) in [4.78, 5) is 19.6. The normalized spacial score (nSPS) is 13.7. The molecule has 0 saturated carbocycles. The van der Waals surface area contributed by atoms with Crippen LogP contribution in [0.3, 0.4) is 0 Å². The average molecular weight is 480 g/mol. The number of fused-ring (bicyclic) bond motifs is 2. The number of pyridine rings is 2. The number of halogens is 3. The molecule has 1 aromatic carbocycles. The summed E-state index contributed by atoms with van der Waals surface area (Å²) in [5, 5.41) is 3.92. The van der Waals surface area contributed by atoms with Crippen LogP contribution in [0.5, 0.6) is 0 Å². The molecule has 10 heteroatoms. The minimum absolute atomic E-state index is 0.0776. The lowest BCUT2D eigenvalue weighted by Crippen LogP contribution is -2.24. The van der Waals surface area contributed by atoms with Gasteiger partial charge in [0.2, 0.25) is 0 Å². The van der Waals surface area contributed by atoms with Gasteiger partial charge in [-0.15, -0.1) is 0 Å². The fourth-order valence-electron chi connectivity index (χ4n) is 4.29. The zero-order valence-corrected chi connectivity index (χ0v) is 19.2. The van der Waals surface area contributed by atoms with Crippen LogP contribution in [-0.2, 0) is 23.9 Å². The first-order valence-electron chi connectivity index (χ1n) is 11.1. The summed E-state index contributed by atoms with van der Waals surface area (Å²) in [7, 11) is 3.59. The molecular formula is C25H23F3N6O. The Hall–Kier alpha value is -3.79. The summed E-state index contributed by atoms with van der Waals surface area (Å²) in [5.74, 6) is 0.857. The van der Waals surface area contributed by atoms with E-state index in [1.54, 1.807) is 6.07 Å². The lowest BCUT2D eigenvalue weighted by molar-refractivity contribution is -0.137. The second kappa shape index (κ2) is 9.10. The number of aromatic nitrogens is 4. The highest BCUT2D eigenvalue weighted by Crippen LogP contribution is 2.36. The van der Waals surface area contributed by atoms with E-state index in [1.807, 2.05) is 6.07 Å². The van der Waals surface area contributed by atoms with Gasteiger partial charge < -0.3 is 15.0 Å². The number of anilines is 3. The van der Waals surface area contributed by atoms with Crippen molar-refractivity contribution in [3.8, 4) is 11.4 Å². The predicted molar refractivity (Wildman–Crippen MR) is 128 cm³/mol. The van der Waals surface area contributed by atoms with Gasteiger partial charge >= 0.3 is 6.18 Å². The highest BCUT2D eigenvalue weighted by atomic mass is 19.4. The third kappa shape index (κ3) is 4.61. The first kappa shape index (κ1) is 23.0. The molecule has 0 radical (unpaired) electrons. The second-order valence-electron chi connectivity index (χ2n) is 8.38. The highest BCUT2D eigenvalue weighted by Gasteiger charge is 2.34. The van der Waals surface area contributed by atoms with E-state index < -0.39 is 11.7 Å².